The predicted molar refractivity (Wildman–Crippen MR) is 119 cm³/mol. The summed E-state index contributed by atoms with van der Waals surface area (Å²) in [5.41, 5.74) is 2.60. The number of rotatable bonds is 5. The highest BCUT2D eigenvalue weighted by Crippen LogP contribution is 2.67. The molecule has 4 aliphatic rings. The van der Waals surface area contributed by atoms with Crippen LogP contribution in [0.15, 0.2) is 11.6 Å². The molecule has 0 aromatic carbocycles. The second kappa shape index (κ2) is 7.75. The van der Waals surface area contributed by atoms with Crippen molar-refractivity contribution in [2.45, 2.75) is 111 Å². The maximum absolute atomic E-state index is 10.2. The number of aliphatic hydroxyl groups excluding tert-OH is 1. The van der Waals surface area contributed by atoms with Crippen LogP contribution in [0.2, 0.25) is 0 Å². The van der Waals surface area contributed by atoms with Gasteiger partial charge in [-0.25, -0.2) is 0 Å². The maximum atomic E-state index is 10.2. The fourth-order valence-corrected chi connectivity index (χ4v) is 8.67. The molecule has 0 bridgehead atoms. The van der Waals surface area contributed by atoms with E-state index in [0.717, 1.165) is 48.3 Å². The van der Waals surface area contributed by atoms with Crippen LogP contribution in [0.3, 0.4) is 0 Å². The summed E-state index contributed by atoms with van der Waals surface area (Å²) in [4.78, 5) is 0. The van der Waals surface area contributed by atoms with Crippen LogP contribution in [0.1, 0.15) is 105 Å². The quantitative estimate of drug-likeness (QED) is 0.384. The lowest BCUT2D eigenvalue weighted by molar-refractivity contribution is -0.0573. The van der Waals surface area contributed by atoms with Gasteiger partial charge >= 0.3 is 0 Å². The van der Waals surface area contributed by atoms with Crippen molar-refractivity contribution in [2.24, 2.45) is 46.3 Å². The number of fused-ring (bicyclic) bond motifs is 5. The molecule has 3 fully saturated rings. The molecule has 0 radical (unpaired) electrons. The van der Waals surface area contributed by atoms with Crippen LogP contribution >= 0.6 is 0 Å². The van der Waals surface area contributed by atoms with E-state index in [1.54, 1.807) is 5.57 Å². The standard InChI is InChI=1S/C27H46O/c1-18(2)7-6-8-19(3)23-11-12-24-22-10-9-20-17-21(28)13-15-26(20,4)25(22)14-16-27(23,24)5/h9,18-19,21-25,28H,6-8,10-17H2,1-5H3/t19?,21-,22?,23?,24?,25?,26?,27?/m0/s1/i17+1,21+1. The summed E-state index contributed by atoms with van der Waals surface area (Å²) in [7, 11) is 0. The third kappa shape index (κ3) is 3.42. The Hall–Kier alpha value is -0.300. The van der Waals surface area contributed by atoms with Gasteiger partial charge in [0, 0.05) is 0 Å². The lowest BCUT2D eigenvalue weighted by atomic mass is 9.48. The van der Waals surface area contributed by atoms with E-state index in [4.69, 9.17) is 0 Å². The van der Waals surface area contributed by atoms with Crippen LogP contribution in [-0.4, -0.2) is 11.2 Å². The van der Waals surface area contributed by atoms with Gasteiger partial charge in [-0.2, -0.15) is 0 Å². The van der Waals surface area contributed by atoms with E-state index in [-0.39, 0.29) is 6.10 Å². The third-order valence-corrected chi connectivity index (χ3v) is 10.3. The second-order valence-corrected chi connectivity index (χ2v) is 12.2. The van der Waals surface area contributed by atoms with Gasteiger partial charge in [0.2, 0.25) is 0 Å². The van der Waals surface area contributed by atoms with Crippen LogP contribution < -0.4 is 0 Å². The molecule has 0 saturated heterocycles. The van der Waals surface area contributed by atoms with E-state index in [2.05, 4.69) is 40.7 Å². The monoisotopic (exact) mass is 388 g/mol. The minimum absolute atomic E-state index is 0.0766. The molecule has 0 aromatic rings. The molecule has 0 amide bonds. The van der Waals surface area contributed by atoms with E-state index in [1.807, 2.05) is 0 Å². The van der Waals surface area contributed by atoms with Crippen LogP contribution in [0.5, 0.6) is 0 Å². The molecular weight excluding hydrogens is 342 g/mol. The molecule has 8 atom stereocenters. The summed E-state index contributed by atoms with van der Waals surface area (Å²) in [5, 5.41) is 10.2. The molecule has 4 rings (SSSR count). The first-order valence-corrected chi connectivity index (χ1v) is 12.6. The van der Waals surface area contributed by atoms with E-state index in [0.29, 0.717) is 10.8 Å². The Morgan fingerprint density at radius 3 is 2.54 bits per heavy atom. The van der Waals surface area contributed by atoms with Crippen molar-refractivity contribution in [3.63, 3.8) is 0 Å². The first-order chi connectivity index (χ1) is 13.3. The lowest BCUT2D eigenvalue weighted by Gasteiger charge is -2.58. The summed E-state index contributed by atoms with van der Waals surface area (Å²) in [6.45, 7) is 12.6. The fourth-order valence-electron chi connectivity index (χ4n) is 8.67. The topological polar surface area (TPSA) is 20.2 Å². The molecule has 4 aliphatic carbocycles. The Morgan fingerprint density at radius 1 is 1.00 bits per heavy atom. The Labute approximate surface area is 174 Å². The molecule has 28 heavy (non-hydrogen) atoms. The minimum atomic E-state index is -0.0766. The summed E-state index contributed by atoms with van der Waals surface area (Å²) in [6, 6.07) is 0. The van der Waals surface area contributed by atoms with Gasteiger partial charge in [-0.1, -0.05) is 65.5 Å². The zero-order valence-electron chi connectivity index (χ0n) is 19.3. The minimum Gasteiger partial charge on any atom is -0.393 e. The van der Waals surface area contributed by atoms with Gasteiger partial charge in [0.25, 0.3) is 0 Å². The van der Waals surface area contributed by atoms with Gasteiger partial charge in [-0.05, 0) is 97.7 Å². The molecule has 1 N–H and O–H groups in total. The number of hydrogen-bond acceptors (Lipinski definition) is 1. The highest BCUT2D eigenvalue weighted by atomic mass is 16.4. The molecule has 160 valence electrons. The van der Waals surface area contributed by atoms with Crippen LogP contribution in [0.25, 0.3) is 0 Å². The van der Waals surface area contributed by atoms with Crippen molar-refractivity contribution in [3.05, 3.63) is 11.6 Å². The normalized spacial score (nSPS) is 46.5. The highest BCUT2D eigenvalue weighted by molar-refractivity contribution is 5.25. The van der Waals surface area contributed by atoms with E-state index in [9.17, 15) is 5.11 Å². The molecule has 0 aliphatic heterocycles. The Morgan fingerprint density at radius 2 is 1.79 bits per heavy atom. The van der Waals surface area contributed by atoms with Crippen molar-refractivity contribution < 1.29 is 5.11 Å². The average molecular weight is 389 g/mol. The van der Waals surface area contributed by atoms with Crippen molar-refractivity contribution in [2.75, 3.05) is 0 Å². The Balaban J connectivity index is 1.49. The zero-order chi connectivity index (χ0) is 20.1. The summed E-state index contributed by atoms with van der Waals surface area (Å²) in [5.74, 6) is 5.46. The largest absolute Gasteiger partial charge is 0.393 e. The Bertz CT molecular complexity index is 591. The van der Waals surface area contributed by atoms with E-state index < -0.39 is 0 Å². The third-order valence-electron chi connectivity index (χ3n) is 10.3. The first-order valence-electron chi connectivity index (χ1n) is 12.6. The van der Waals surface area contributed by atoms with Gasteiger partial charge in [-0.15, -0.1) is 0 Å². The summed E-state index contributed by atoms with van der Waals surface area (Å²) < 4.78 is 0. The Kier molecular flexibility index (Phi) is 5.80. The first kappa shape index (κ1) is 21.0. The molecule has 0 spiro atoms. The van der Waals surface area contributed by atoms with Gasteiger partial charge in [0.1, 0.15) is 0 Å². The summed E-state index contributed by atoms with van der Waals surface area (Å²) in [6.07, 6.45) is 17.2. The molecule has 1 heteroatoms. The van der Waals surface area contributed by atoms with Crippen LogP contribution in [-0.2, 0) is 0 Å². The predicted octanol–water partition coefficient (Wildman–Crippen LogP) is 7.39. The number of allylic oxidation sites excluding steroid dienone is 1. The molecule has 0 heterocycles. The number of hydrogen-bond donors (Lipinski definition) is 1. The summed E-state index contributed by atoms with van der Waals surface area (Å²) >= 11 is 0. The van der Waals surface area contributed by atoms with E-state index in [1.165, 1.54) is 57.8 Å². The van der Waals surface area contributed by atoms with Gasteiger partial charge in [0.15, 0.2) is 0 Å². The zero-order valence-corrected chi connectivity index (χ0v) is 19.3. The van der Waals surface area contributed by atoms with Crippen molar-refractivity contribution in [3.8, 4) is 0 Å². The fraction of sp³-hybridized carbons (Fsp3) is 0.926. The lowest BCUT2D eigenvalue weighted by Crippen LogP contribution is -2.50. The average Bonchev–Trinajstić information content (AvgIpc) is 2.99. The van der Waals surface area contributed by atoms with Crippen molar-refractivity contribution in [1.29, 1.82) is 0 Å². The molecule has 1 nitrogen and oxygen atoms in total. The van der Waals surface area contributed by atoms with Crippen molar-refractivity contribution >= 4 is 0 Å². The van der Waals surface area contributed by atoms with Gasteiger partial charge < -0.3 is 5.11 Å². The van der Waals surface area contributed by atoms with Crippen LogP contribution in [0.4, 0.5) is 0 Å². The van der Waals surface area contributed by atoms with Gasteiger partial charge in [-0.3, -0.25) is 0 Å². The molecule has 3 saturated carbocycles. The van der Waals surface area contributed by atoms with E-state index >= 15 is 0 Å². The molecular formula is C27H46O. The molecule has 0 aromatic heterocycles. The highest BCUT2D eigenvalue weighted by Gasteiger charge is 2.59. The smallest absolute Gasteiger partial charge is 0.0577 e. The SMILES string of the molecule is CC(C)CCCC(C)C1CCC2C3CC=C4[13CH2][13C@@H](O)CCC4(C)C3CCC12C. The maximum Gasteiger partial charge on any atom is 0.0577 e. The second-order valence-electron chi connectivity index (χ2n) is 12.2. The molecule has 7 unspecified atom stereocenters. The van der Waals surface area contributed by atoms with Crippen LogP contribution in [0, 0.1) is 46.3 Å². The van der Waals surface area contributed by atoms with Crippen molar-refractivity contribution in [1.82, 2.24) is 0 Å². The van der Waals surface area contributed by atoms with Gasteiger partial charge in [0.05, 0.1) is 6.10 Å². The number of aliphatic hydroxyl groups is 1.